The van der Waals surface area contributed by atoms with Crippen molar-refractivity contribution in [3.05, 3.63) is 29.8 Å². The summed E-state index contributed by atoms with van der Waals surface area (Å²) in [6, 6.07) is 9.08. The number of hydrogen-bond acceptors (Lipinski definition) is 4. The highest BCUT2D eigenvalue weighted by molar-refractivity contribution is 5.27. The Morgan fingerprint density at radius 2 is 1.96 bits per heavy atom. The molecule has 1 N–H and O–H groups in total. The fraction of sp³-hybridized carbons (Fsp3) is 0.684. The van der Waals surface area contributed by atoms with Crippen molar-refractivity contribution in [2.24, 2.45) is 5.92 Å². The molecule has 4 nitrogen and oxygen atoms in total. The zero-order chi connectivity index (χ0) is 16.1. The number of piperidine rings is 1. The molecule has 0 aromatic heterocycles. The van der Waals surface area contributed by atoms with Crippen LogP contribution in [0.2, 0.25) is 0 Å². The quantitative estimate of drug-likeness (QED) is 0.874. The SMILES string of the molecule is C[C@H](NCc1ccc(OC2CCN(C)CC2)cc1)[C@H]1CCOC1. The van der Waals surface area contributed by atoms with Gasteiger partial charge in [0.1, 0.15) is 11.9 Å². The van der Waals surface area contributed by atoms with Gasteiger partial charge in [0, 0.05) is 32.3 Å². The minimum absolute atomic E-state index is 0.373. The van der Waals surface area contributed by atoms with Crippen LogP contribution in [0.5, 0.6) is 5.75 Å². The molecule has 0 aliphatic carbocycles. The van der Waals surface area contributed by atoms with Gasteiger partial charge in [-0.2, -0.15) is 0 Å². The van der Waals surface area contributed by atoms with Crippen molar-refractivity contribution in [3.63, 3.8) is 0 Å². The van der Waals surface area contributed by atoms with E-state index in [0.29, 0.717) is 18.1 Å². The molecule has 2 heterocycles. The van der Waals surface area contributed by atoms with Crippen LogP contribution in [0.1, 0.15) is 31.7 Å². The van der Waals surface area contributed by atoms with Gasteiger partial charge < -0.3 is 19.7 Å². The first-order valence-electron chi connectivity index (χ1n) is 8.96. The second kappa shape index (κ2) is 8.13. The van der Waals surface area contributed by atoms with E-state index < -0.39 is 0 Å². The lowest BCUT2D eigenvalue weighted by atomic mass is 10.0. The molecule has 0 radical (unpaired) electrons. The fourth-order valence-corrected chi connectivity index (χ4v) is 3.37. The predicted molar refractivity (Wildman–Crippen MR) is 92.8 cm³/mol. The number of rotatable bonds is 6. The second-order valence-electron chi connectivity index (χ2n) is 7.06. The van der Waals surface area contributed by atoms with E-state index in [1.807, 2.05) is 0 Å². The lowest BCUT2D eigenvalue weighted by Crippen LogP contribution is -2.35. The molecule has 0 amide bonds. The molecular formula is C19H30N2O2. The molecular weight excluding hydrogens is 288 g/mol. The van der Waals surface area contributed by atoms with Gasteiger partial charge >= 0.3 is 0 Å². The molecule has 2 aliphatic heterocycles. The number of nitrogens with one attached hydrogen (secondary N) is 1. The van der Waals surface area contributed by atoms with Crippen molar-refractivity contribution >= 4 is 0 Å². The van der Waals surface area contributed by atoms with Gasteiger partial charge in [-0.1, -0.05) is 12.1 Å². The average molecular weight is 318 g/mol. The molecule has 0 spiro atoms. The maximum absolute atomic E-state index is 6.10. The maximum Gasteiger partial charge on any atom is 0.119 e. The Labute approximate surface area is 140 Å². The third kappa shape index (κ3) is 4.93. The van der Waals surface area contributed by atoms with Crippen molar-refractivity contribution in [1.29, 1.82) is 0 Å². The topological polar surface area (TPSA) is 33.7 Å². The first-order chi connectivity index (χ1) is 11.2. The molecule has 0 saturated carbocycles. The van der Waals surface area contributed by atoms with Gasteiger partial charge in [-0.25, -0.2) is 0 Å². The molecule has 128 valence electrons. The number of likely N-dealkylation sites (tertiary alicyclic amines) is 1. The van der Waals surface area contributed by atoms with Gasteiger partial charge in [0.05, 0.1) is 6.61 Å². The number of ether oxygens (including phenoxy) is 2. The summed E-state index contributed by atoms with van der Waals surface area (Å²) in [5.41, 5.74) is 1.31. The van der Waals surface area contributed by atoms with Gasteiger partial charge in [0.15, 0.2) is 0 Å². The molecule has 3 rings (SSSR count). The Morgan fingerprint density at radius 1 is 1.22 bits per heavy atom. The second-order valence-corrected chi connectivity index (χ2v) is 7.06. The van der Waals surface area contributed by atoms with Gasteiger partial charge in [0.25, 0.3) is 0 Å². The number of nitrogens with zero attached hydrogens (tertiary/aromatic N) is 1. The molecule has 2 aliphatic rings. The van der Waals surface area contributed by atoms with Crippen molar-refractivity contribution in [1.82, 2.24) is 10.2 Å². The first kappa shape index (κ1) is 16.7. The van der Waals surface area contributed by atoms with E-state index in [-0.39, 0.29) is 0 Å². The van der Waals surface area contributed by atoms with Gasteiger partial charge in [0.2, 0.25) is 0 Å². The number of benzene rings is 1. The summed E-state index contributed by atoms with van der Waals surface area (Å²) in [5, 5.41) is 3.62. The van der Waals surface area contributed by atoms with Crippen molar-refractivity contribution in [3.8, 4) is 5.75 Å². The van der Waals surface area contributed by atoms with E-state index in [1.165, 1.54) is 12.0 Å². The smallest absolute Gasteiger partial charge is 0.119 e. The molecule has 23 heavy (non-hydrogen) atoms. The fourth-order valence-electron chi connectivity index (χ4n) is 3.37. The molecule has 2 saturated heterocycles. The average Bonchev–Trinajstić information content (AvgIpc) is 3.11. The standard InChI is InChI=1S/C19H30N2O2/c1-15(17-9-12-22-14-17)20-13-16-3-5-18(6-4-16)23-19-7-10-21(2)11-8-19/h3-6,15,17,19-20H,7-14H2,1-2H3/t15-,17-/m0/s1. The molecule has 0 bridgehead atoms. The summed E-state index contributed by atoms with van der Waals surface area (Å²) in [6.45, 7) is 7.26. The van der Waals surface area contributed by atoms with E-state index in [2.05, 4.69) is 48.5 Å². The summed E-state index contributed by atoms with van der Waals surface area (Å²) in [4.78, 5) is 2.37. The van der Waals surface area contributed by atoms with Crippen LogP contribution in [0.3, 0.4) is 0 Å². The monoisotopic (exact) mass is 318 g/mol. The summed E-state index contributed by atoms with van der Waals surface area (Å²) in [7, 11) is 2.18. The van der Waals surface area contributed by atoms with E-state index in [4.69, 9.17) is 9.47 Å². The van der Waals surface area contributed by atoms with Crippen LogP contribution in [0.25, 0.3) is 0 Å². The van der Waals surface area contributed by atoms with Crippen molar-refractivity contribution in [2.45, 2.75) is 44.9 Å². The largest absolute Gasteiger partial charge is 0.490 e. The summed E-state index contributed by atoms with van der Waals surface area (Å²) < 4.78 is 11.6. The normalized spacial score (nSPS) is 24.7. The Hall–Kier alpha value is -1.10. The highest BCUT2D eigenvalue weighted by Crippen LogP contribution is 2.20. The highest BCUT2D eigenvalue weighted by Gasteiger charge is 2.21. The van der Waals surface area contributed by atoms with Gasteiger partial charge in [-0.15, -0.1) is 0 Å². The third-order valence-corrected chi connectivity index (χ3v) is 5.19. The lowest BCUT2D eigenvalue weighted by molar-refractivity contribution is 0.114. The molecule has 1 aromatic rings. The summed E-state index contributed by atoms with van der Waals surface area (Å²) in [5.74, 6) is 1.66. The van der Waals surface area contributed by atoms with Crippen LogP contribution < -0.4 is 10.1 Å². The molecule has 0 unspecified atom stereocenters. The third-order valence-electron chi connectivity index (χ3n) is 5.19. The minimum Gasteiger partial charge on any atom is -0.490 e. The van der Waals surface area contributed by atoms with Crippen LogP contribution in [0.15, 0.2) is 24.3 Å². The molecule has 2 fully saturated rings. The highest BCUT2D eigenvalue weighted by atomic mass is 16.5. The van der Waals surface area contributed by atoms with Gasteiger partial charge in [-0.3, -0.25) is 0 Å². The van der Waals surface area contributed by atoms with E-state index in [0.717, 1.165) is 51.4 Å². The molecule has 4 heteroatoms. The Bertz CT molecular complexity index is 463. The number of hydrogen-bond donors (Lipinski definition) is 1. The first-order valence-corrected chi connectivity index (χ1v) is 8.96. The minimum atomic E-state index is 0.373. The predicted octanol–water partition coefficient (Wildman–Crippen LogP) is 2.67. The van der Waals surface area contributed by atoms with Crippen LogP contribution in [-0.4, -0.2) is 50.4 Å². The maximum atomic E-state index is 6.10. The Balaban J connectivity index is 1.43. The van der Waals surface area contributed by atoms with Crippen LogP contribution >= 0.6 is 0 Å². The molecule has 1 aromatic carbocycles. The van der Waals surface area contributed by atoms with Crippen LogP contribution in [-0.2, 0) is 11.3 Å². The zero-order valence-corrected chi connectivity index (χ0v) is 14.5. The summed E-state index contributed by atoms with van der Waals surface area (Å²) in [6.07, 6.45) is 3.80. The summed E-state index contributed by atoms with van der Waals surface area (Å²) >= 11 is 0. The van der Waals surface area contributed by atoms with E-state index in [9.17, 15) is 0 Å². The van der Waals surface area contributed by atoms with Crippen LogP contribution in [0, 0.1) is 5.92 Å². The lowest BCUT2D eigenvalue weighted by Gasteiger charge is -2.29. The van der Waals surface area contributed by atoms with Crippen LogP contribution in [0.4, 0.5) is 0 Å². The van der Waals surface area contributed by atoms with Crippen molar-refractivity contribution in [2.75, 3.05) is 33.4 Å². The van der Waals surface area contributed by atoms with E-state index in [1.54, 1.807) is 0 Å². The van der Waals surface area contributed by atoms with E-state index >= 15 is 0 Å². The Kier molecular flexibility index (Phi) is 5.92. The molecule has 2 atom stereocenters. The Morgan fingerprint density at radius 3 is 2.61 bits per heavy atom. The zero-order valence-electron chi connectivity index (χ0n) is 14.5. The van der Waals surface area contributed by atoms with Gasteiger partial charge in [-0.05, 0) is 56.8 Å². The van der Waals surface area contributed by atoms with Crippen molar-refractivity contribution < 1.29 is 9.47 Å².